The molecule has 1 saturated heterocycles. The summed E-state index contributed by atoms with van der Waals surface area (Å²) in [5.41, 5.74) is 2.23. The number of likely N-dealkylation sites (N-methyl/N-ethyl adjacent to an activating group) is 1. The molecule has 0 aromatic heterocycles. The van der Waals surface area contributed by atoms with Crippen molar-refractivity contribution >= 4 is 33.5 Å². The van der Waals surface area contributed by atoms with Gasteiger partial charge in [0.15, 0.2) is 5.96 Å². The number of aliphatic imine (C=N–C) groups is 1. The lowest BCUT2D eigenvalue weighted by molar-refractivity contribution is -0.127. The van der Waals surface area contributed by atoms with E-state index in [4.69, 9.17) is 0 Å². The molecule has 1 heterocycles. The number of carbonyl (C=O) groups is 1. The Bertz CT molecular complexity index is 656. The van der Waals surface area contributed by atoms with Gasteiger partial charge in [0.05, 0.1) is 0 Å². The van der Waals surface area contributed by atoms with E-state index in [1.807, 2.05) is 6.92 Å². The predicted octanol–water partition coefficient (Wildman–Crippen LogP) is 2.23. The third-order valence-electron chi connectivity index (χ3n) is 4.15. The topological polar surface area (TPSA) is 60.0 Å². The van der Waals surface area contributed by atoms with Gasteiger partial charge in [-0.25, -0.2) is 4.99 Å². The largest absolute Gasteiger partial charge is 0.369 e. The molecule has 142 valence electrons. The van der Waals surface area contributed by atoms with Crippen LogP contribution in [0.1, 0.15) is 13.3 Å². The van der Waals surface area contributed by atoms with Crippen molar-refractivity contribution < 1.29 is 4.79 Å². The molecule has 0 saturated carbocycles. The lowest BCUT2D eigenvalue weighted by atomic mass is 10.2. The molecule has 2 rings (SSSR count). The van der Waals surface area contributed by atoms with E-state index in [9.17, 15) is 4.79 Å². The number of rotatable bonds is 6. The molecule has 1 aromatic carbocycles. The Morgan fingerprint density at radius 2 is 2.08 bits per heavy atom. The number of carbonyl (C=O) groups excluding carboxylic acids is 1. The minimum atomic E-state index is -0.0238. The van der Waals surface area contributed by atoms with E-state index >= 15 is 0 Å². The third-order valence-corrected chi connectivity index (χ3v) is 4.68. The molecule has 7 heteroatoms. The molecular weight excluding hydrogens is 394 g/mol. The van der Waals surface area contributed by atoms with E-state index in [-0.39, 0.29) is 18.5 Å². The van der Waals surface area contributed by atoms with Gasteiger partial charge in [0, 0.05) is 49.9 Å². The molecule has 1 amide bonds. The van der Waals surface area contributed by atoms with Crippen LogP contribution in [-0.4, -0.2) is 63.1 Å². The van der Waals surface area contributed by atoms with Crippen molar-refractivity contribution in [3.63, 3.8) is 0 Å². The number of anilines is 1. The van der Waals surface area contributed by atoms with Crippen LogP contribution in [0.3, 0.4) is 0 Å². The number of guanidine groups is 1. The summed E-state index contributed by atoms with van der Waals surface area (Å²) < 4.78 is 1.08. The molecule has 1 aliphatic rings. The van der Waals surface area contributed by atoms with Gasteiger partial charge in [-0.15, -0.1) is 0 Å². The summed E-state index contributed by atoms with van der Waals surface area (Å²) >= 11 is 3.47. The van der Waals surface area contributed by atoms with Gasteiger partial charge >= 0.3 is 0 Å². The lowest BCUT2D eigenvalue weighted by Gasteiger charge is -2.21. The minimum Gasteiger partial charge on any atom is -0.369 e. The van der Waals surface area contributed by atoms with E-state index in [1.54, 1.807) is 19.0 Å². The van der Waals surface area contributed by atoms with E-state index in [0.717, 1.165) is 29.6 Å². The van der Waals surface area contributed by atoms with Crippen LogP contribution in [-0.2, 0) is 4.79 Å². The van der Waals surface area contributed by atoms with Crippen LogP contribution < -0.4 is 15.5 Å². The zero-order valence-corrected chi connectivity index (χ0v) is 17.3. The molecule has 6 nitrogen and oxygen atoms in total. The van der Waals surface area contributed by atoms with Gasteiger partial charge < -0.3 is 20.4 Å². The summed E-state index contributed by atoms with van der Waals surface area (Å²) in [5.74, 6) is 0.634. The number of hydrogen-bond donors (Lipinski definition) is 2. The zero-order chi connectivity index (χ0) is 19.1. The maximum Gasteiger partial charge on any atom is 0.243 e. The molecule has 0 spiro atoms. The predicted molar refractivity (Wildman–Crippen MR) is 112 cm³/mol. The van der Waals surface area contributed by atoms with Crippen LogP contribution in [0.4, 0.5) is 5.69 Å². The molecule has 0 aliphatic carbocycles. The summed E-state index contributed by atoms with van der Waals surface area (Å²) in [6.07, 6.45) is 1.02. The molecule has 1 aromatic rings. The van der Waals surface area contributed by atoms with Crippen LogP contribution in [0, 0.1) is 0 Å². The SMILES string of the molecule is C=C(C)CNC(=NCC(=O)N(C)C)NC1CCN(c2ccc(Br)cc2)C1. The fourth-order valence-corrected chi connectivity index (χ4v) is 2.90. The average Bonchev–Trinajstić information content (AvgIpc) is 3.05. The Labute approximate surface area is 164 Å². The summed E-state index contributed by atoms with van der Waals surface area (Å²) in [5, 5.41) is 6.70. The zero-order valence-electron chi connectivity index (χ0n) is 15.8. The molecule has 1 unspecified atom stereocenters. The number of nitrogens with zero attached hydrogens (tertiary/aromatic N) is 3. The standard InChI is InChI=1S/C19H28BrN5O/c1-14(2)11-21-19(22-12-18(26)24(3)4)23-16-9-10-25(13-16)17-7-5-15(20)6-8-17/h5-8,16H,1,9-13H2,2-4H3,(H2,21,22,23). The highest BCUT2D eigenvalue weighted by Gasteiger charge is 2.23. The van der Waals surface area contributed by atoms with Gasteiger partial charge in [-0.05, 0) is 37.6 Å². The van der Waals surface area contributed by atoms with E-state index < -0.39 is 0 Å². The summed E-state index contributed by atoms with van der Waals surface area (Å²) in [6, 6.07) is 8.64. The van der Waals surface area contributed by atoms with Crippen LogP contribution in [0.25, 0.3) is 0 Å². The fourth-order valence-electron chi connectivity index (χ4n) is 2.63. The van der Waals surface area contributed by atoms with Crippen molar-refractivity contribution in [1.82, 2.24) is 15.5 Å². The van der Waals surface area contributed by atoms with E-state index in [1.165, 1.54) is 5.69 Å². The fraction of sp³-hybridized carbons (Fsp3) is 0.474. The number of benzene rings is 1. The van der Waals surface area contributed by atoms with Crippen LogP contribution in [0.15, 0.2) is 45.9 Å². The first kappa shape index (κ1) is 20.3. The normalized spacial score (nSPS) is 17.2. The second kappa shape index (κ2) is 9.62. The van der Waals surface area contributed by atoms with Gasteiger partial charge in [0.2, 0.25) is 5.91 Å². The first-order valence-electron chi connectivity index (χ1n) is 8.75. The summed E-state index contributed by atoms with van der Waals surface area (Å²) in [7, 11) is 3.47. The highest BCUT2D eigenvalue weighted by molar-refractivity contribution is 9.10. The van der Waals surface area contributed by atoms with Gasteiger partial charge in [0.25, 0.3) is 0 Å². The smallest absolute Gasteiger partial charge is 0.243 e. The van der Waals surface area contributed by atoms with Crippen LogP contribution in [0.2, 0.25) is 0 Å². The molecule has 1 aliphatic heterocycles. The van der Waals surface area contributed by atoms with Gasteiger partial charge in [-0.1, -0.05) is 28.1 Å². The minimum absolute atomic E-state index is 0.0238. The summed E-state index contributed by atoms with van der Waals surface area (Å²) in [6.45, 7) is 8.51. The Morgan fingerprint density at radius 1 is 1.38 bits per heavy atom. The molecular formula is C19H28BrN5O. The number of amides is 1. The lowest BCUT2D eigenvalue weighted by Crippen LogP contribution is -2.45. The molecule has 1 atom stereocenters. The van der Waals surface area contributed by atoms with Crippen molar-refractivity contribution in [2.45, 2.75) is 19.4 Å². The molecule has 26 heavy (non-hydrogen) atoms. The van der Waals surface area contributed by atoms with Crippen LogP contribution >= 0.6 is 15.9 Å². The van der Waals surface area contributed by atoms with Crippen molar-refractivity contribution in [3.8, 4) is 0 Å². The quantitative estimate of drug-likeness (QED) is 0.420. The van der Waals surface area contributed by atoms with Gasteiger partial charge in [0.1, 0.15) is 6.54 Å². The van der Waals surface area contributed by atoms with Crippen molar-refractivity contribution in [2.24, 2.45) is 4.99 Å². The number of halogens is 1. The molecule has 1 fully saturated rings. The second-order valence-corrected chi connectivity index (χ2v) is 7.73. The first-order chi connectivity index (χ1) is 12.3. The van der Waals surface area contributed by atoms with E-state index in [0.29, 0.717) is 12.5 Å². The molecule has 2 N–H and O–H groups in total. The Morgan fingerprint density at radius 3 is 2.69 bits per heavy atom. The number of hydrogen-bond acceptors (Lipinski definition) is 3. The Hall–Kier alpha value is -2.02. The maximum absolute atomic E-state index is 11.8. The highest BCUT2D eigenvalue weighted by atomic mass is 79.9. The van der Waals surface area contributed by atoms with Crippen molar-refractivity contribution in [3.05, 3.63) is 40.9 Å². The average molecular weight is 422 g/mol. The van der Waals surface area contributed by atoms with Crippen LogP contribution in [0.5, 0.6) is 0 Å². The Balaban J connectivity index is 1.96. The van der Waals surface area contributed by atoms with Gasteiger partial charge in [-0.3, -0.25) is 4.79 Å². The second-order valence-electron chi connectivity index (χ2n) is 6.82. The molecule has 0 radical (unpaired) electrons. The highest BCUT2D eigenvalue weighted by Crippen LogP contribution is 2.22. The first-order valence-corrected chi connectivity index (χ1v) is 9.54. The maximum atomic E-state index is 11.8. The van der Waals surface area contributed by atoms with Crippen molar-refractivity contribution in [1.29, 1.82) is 0 Å². The third kappa shape index (κ3) is 6.37. The monoisotopic (exact) mass is 421 g/mol. The molecule has 0 bridgehead atoms. The van der Waals surface area contributed by atoms with Gasteiger partial charge in [-0.2, -0.15) is 0 Å². The van der Waals surface area contributed by atoms with Crippen molar-refractivity contribution in [2.75, 3.05) is 45.2 Å². The number of nitrogens with one attached hydrogen (secondary N) is 2. The van der Waals surface area contributed by atoms with E-state index in [2.05, 4.69) is 67.3 Å². The summed E-state index contributed by atoms with van der Waals surface area (Å²) in [4.78, 5) is 20.1. The Kier molecular flexibility index (Phi) is 7.50.